The van der Waals surface area contributed by atoms with Gasteiger partial charge >= 0.3 is 140 Å². The van der Waals surface area contributed by atoms with E-state index >= 15 is 0 Å². The van der Waals surface area contributed by atoms with E-state index in [0.29, 0.717) is 0 Å². The van der Waals surface area contributed by atoms with Crippen molar-refractivity contribution >= 4 is 40.2 Å². The Bertz CT molecular complexity index is 700. The predicted molar refractivity (Wildman–Crippen MR) is 88.1 cm³/mol. The fourth-order valence-corrected chi connectivity index (χ4v) is 4.16. The van der Waals surface area contributed by atoms with Crippen molar-refractivity contribution in [2.24, 2.45) is 0 Å². The van der Waals surface area contributed by atoms with Gasteiger partial charge in [-0.25, -0.2) is 0 Å². The quantitative estimate of drug-likeness (QED) is 0.330. The number of ether oxygens (including phenoxy) is 1. The Morgan fingerprint density at radius 2 is 1.77 bits per heavy atom. The van der Waals surface area contributed by atoms with E-state index in [1.807, 2.05) is 24.3 Å². The number of esters is 1. The molecule has 0 radical (unpaired) electrons. The molecule has 22 heavy (non-hydrogen) atoms. The first-order chi connectivity index (χ1) is 10.7. The average molecular weight is 405 g/mol. The molecule has 0 fully saturated rings. The van der Waals surface area contributed by atoms with Crippen molar-refractivity contribution in [3.05, 3.63) is 65.7 Å². The summed E-state index contributed by atoms with van der Waals surface area (Å²) in [6.45, 7) is 1.98. The zero-order valence-electron chi connectivity index (χ0n) is 12.2. The summed E-state index contributed by atoms with van der Waals surface area (Å²) in [7, 11) is 0. The fourth-order valence-electron chi connectivity index (χ4n) is 1.77. The first-order valence-corrected chi connectivity index (χ1v) is 9.18. The molecule has 0 unspecified atom stereocenters. The topological polar surface area (TPSA) is 50.1 Å². The number of benzene rings is 2. The third-order valence-corrected chi connectivity index (χ3v) is 5.68. The van der Waals surface area contributed by atoms with E-state index in [1.165, 1.54) is 7.22 Å². The summed E-state index contributed by atoms with van der Waals surface area (Å²) in [6, 6.07) is 20.3. The SMILES string of the molecule is CCOC(=O)/C(C#N)=C/c1ccc([Te]c2ccccc2)cc1. The summed E-state index contributed by atoms with van der Waals surface area (Å²) >= 11 is -0.398. The van der Waals surface area contributed by atoms with Crippen molar-refractivity contribution in [1.82, 2.24) is 0 Å². The zero-order valence-corrected chi connectivity index (χ0v) is 14.5. The number of carbonyl (C=O) groups excluding carboxylic acids is 1. The fraction of sp³-hybridized carbons (Fsp3) is 0.111. The molecule has 2 rings (SSSR count). The van der Waals surface area contributed by atoms with Gasteiger partial charge < -0.3 is 0 Å². The van der Waals surface area contributed by atoms with Crippen molar-refractivity contribution < 1.29 is 9.53 Å². The Morgan fingerprint density at radius 3 is 2.36 bits per heavy atom. The molecule has 4 heteroatoms. The van der Waals surface area contributed by atoms with Gasteiger partial charge in [-0.1, -0.05) is 0 Å². The van der Waals surface area contributed by atoms with Gasteiger partial charge in [-0.3, -0.25) is 0 Å². The van der Waals surface area contributed by atoms with Crippen LogP contribution in [0.1, 0.15) is 12.5 Å². The molecule has 0 bridgehead atoms. The van der Waals surface area contributed by atoms with Crippen molar-refractivity contribution in [2.45, 2.75) is 6.92 Å². The molecular formula is C18H15NO2Te. The van der Waals surface area contributed by atoms with Crippen LogP contribution in [-0.4, -0.2) is 33.5 Å². The van der Waals surface area contributed by atoms with E-state index in [9.17, 15) is 4.79 Å². The molecule has 0 heterocycles. The van der Waals surface area contributed by atoms with Gasteiger partial charge in [0.1, 0.15) is 0 Å². The third kappa shape index (κ3) is 4.74. The van der Waals surface area contributed by atoms with Crippen LogP contribution in [0, 0.1) is 11.3 Å². The van der Waals surface area contributed by atoms with E-state index in [0.717, 1.165) is 5.56 Å². The van der Waals surface area contributed by atoms with Crippen LogP contribution < -0.4 is 7.22 Å². The number of hydrogen-bond acceptors (Lipinski definition) is 3. The van der Waals surface area contributed by atoms with E-state index in [2.05, 4.69) is 36.4 Å². The Morgan fingerprint density at radius 1 is 1.14 bits per heavy atom. The maximum absolute atomic E-state index is 11.6. The second-order valence-corrected chi connectivity index (χ2v) is 7.65. The number of hydrogen-bond donors (Lipinski definition) is 0. The molecule has 0 spiro atoms. The Labute approximate surface area is 140 Å². The van der Waals surface area contributed by atoms with Crippen molar-refractivity contribution in [3.8, 4) is 6.07 Å². The average Bonchev–Trinajstić information content (AvgIpc) is 2.55. The van der Waals surface area contributed by atoms with Gasteiger partial charge in [-0.05, 0) is 0 Å². The minimum absolute atomic E-state index is 0.0223. The van der Waals surface area contributed by atoms with E-state index < -0.39 is 26.9 Å². The first kappa shape index (κ1) is 16.3. The van der Waals surface area contributed by atoms with E-state index in [-0.39, 0.29) is 12.2 Å². The monoisotopic (exact) mass is 407 g/mol. The molecule has 0 saturated heterocycles. The van der Waals surface area contributed by atoms with Crippen LogP contribution in [-0.2, 0) is 9.53 Å². The standard InChI is InChI=1S/C18H15NO2Te/c1-2-21-18(20)15(13-19)12-14-8-10-17(11-9-14)22-16-6-4-3-5-7-16/h3-12H,2H2,1H3/b15-12+. The Balaban J connectivity index is 2.11. The zero-order chi connectivity index (χ0) is 15.8. The van der Waals surface area contributed by atoms with Crippen LogP contribution >= 0.6 is 0 Å². The number of nitrogens with zero attached hydrogens (tertiary/aromatic N) is 1. The summed E-state index contributed by atoms with van der Waals surface area (Å²) in [4.78, 5) is 11.6. The molecule has 0 saturated carbocycles. The van der Waals surface area contributed by atoms with Gasteiger partial charge in [-0.15, -0.1) is 0 Å². The molecule has 0 atom stereocenters. The molecule has 0 aliphatic carbocycles. The summed E-state index contributed by atoms with van der Waals surface area (Å²) in [5, 5.41) is 9.02. The molecule has 3 nitrogen and oxygen atoms in total. The normalized spacial score (nSPS) is 10.8. The molecule has 0 aliphatic heterocycles. The van der Waals surface area contributed by atoms with Gasteiger partial charge in [0.25, 0.3) is 0 Å². The first-order valence-electron chi connectivity index (χ1n) is 6.85. The van der Waals surface area contributed by atoms with E-state index in [4.69, 9.17) is 10.00 Å². The molecule has 0 amide bonds. The maximum atomic E-state index is 11.6. The summed E-state index contributed by atoms with van der Waals surface area (Å²) < 4.78 is 7.53. The van der Waals surface area contributed by atoms with Crippen molar-refractivity contribution in [1.29, 1.82) is 5.26 Å². The summed E-state index contributed by atoms with van der Waals surface area (Å²) in [6.07, 6.45) is 1.56. The minimum atomic E-state index is -0.577. The van der Waals surface area contributed by atoms with Crippen LogP contribution in [0.4, 0.5) is 0 Å². The predicted octanol–water partition coefficient (Wildman–Crippen LogP) is 1.81. The number of carbonyl (C=O) groups is 1. The number of rotatable bonds is 5. The van der Waals surface area contributed by atoms with Gasteiger partial charge in [0.2, 0.25) is 0 Å². The second-order valence-electron chi connectivity index (χ2n) is 4.37. The van der Waals surface area contributed by atoms with Gasteiger partial charge in [0, 0.05) is 0 Å². The molecule has 0 aliphatic rings. The van der Waals surface area contributed by atoms with Crippen LogP contribution in [0.25, 0.3) is 6.08 Å². The molecule has 2 aromatic carbocycles. The van der Waals surface area contributed by atoms with Gasteiger partial charge in [-0.2, -0.15) is 0 Å². The molecule has 0 aromatic heterocycles. The van der Waals surface area contributed by atoms with Crippen LogP contribution in [0.5, 0.6) is 0 Å². The Hall–Kier alpha value is -2.07. The van der Waals surface area contributed by atoms with Gasteiger partial charge in [0.05, 0.1) is 0 Å². The second kappa shape index (κ2) is 8.39. The van der Waals surface area contributed by atoms with E-state index in [1.54, 1.807) is 13.0 Å². The molecule has 110 valence electrons. The summed E-state index contributed by atoms with van der Waals surface area (Å²) in [5.74, 6) is -0.577. The van der Waals surface area contributed by atoms with Crippen LogP contribution in [0.2, 0.25) is 0 Å². The molecule has 0 N–H and O–H groups in total. The molecule has 2 aromatic rings. The molecular weight excluding hydrogens is 390 g/mol. The Kier molecular flexibility index (Phi) is 6.22. The van der Waals surface area contributed by atoms with Gasteiger partial charge in [0.15, 0.2) is 0 Å². The van der Waals surface area contributed by atoms with Crippen LogP contribution in [0.3, 0.4) is 0 Å². The van der Waals surface area contributed by atoms with Crippen molar-refractivity contribution in [2.75, 3.05) is 6.61 Å². The third-order valence-electron chi connectivity index (χ3n) is 2.79. The van der Waals surface area contributed by atoms with Crippen molar-refractivity contribution in [3.63, 3.8) is 0 Å². The van der Waals surface area contributed by atoms with Crippen LogP contribution in [0.15, 0.2) is 60.2 Å². The number of nitriles is 1. The summed E-state index contributed by atoms with van der Waals surface area (Å²) in [5.41, 5.74) is 0.850.